The number of rotatable bonds is 9. The molecule has 0 saturated heterocycles. The van der Waals surface area contributed by atoms with Gasteiger partial charge in [0, 0.05) is 25.7 Å². The van der Waals surface area contributed by atoms with E-state index in [1.54, 1.807) is 0 Å². The standard InChI is InChI=1S/C9H23N3O3S/c1-4-9(10,5-2)8-12-16(13,14)11-6-7-15-3/h11-12H,4-8,10H2,1-3H3. The van der Waals surface area contributed by atoms with E-state index in [2.05, 4.69) is 9.44 Å². The molecule has 0 aromatic carbocycles. The van der Waals surface area contributed by atoms with Crippen LogP contribution in [0.25, 0.3) is 0 Å². The topological polar surface area (TPSA) is 93.5 Å². The molecule has 0 aliphatic carbocycles. The SMILES string of the molecule is CCC(N)(CC)CNS(=O)(=O)NCCOC. The molecule has 7 heteroatoms. The second-order valence-electron chi connectivity index (χ2n) is 3.78. The Labute approximate surface area is 98.1 Å². The molecule has 0 atom stereocenters. The zero-order valence-corrected chi connectivity index (χ0v) is 11.1. The van der Waals surface area contributed by atoms with Crippen LogP contribution >= 0.6 is 0 Å². The first-order valence-electron chi connectivity index (χ1n) is 5.41. The van der Waals surface area contributed by atoms with Crippen molar-refractivity contribution in [2.75, 3.05) is 26.8 Å². The Kier molecular flexibility index (Phi) is 7.09. The summed E-state index contributed by atoms with van der Waals surface area (Å²) in [4.78, 5) is 0. The summed E-state index contributed by atoms with van der Waals surface area (Å²) in [5.74, 6) is 0. The van der Waals surface area contributed by atoms with Gasteiger partial charge in [-0.25, -0.2) is 4.72 Å². The van der Waals surface area contributed by atoms with Crippen LogP contribution in [-0.2, 0) is 14.9 Å². The number of nitrogens with two attached hydrogens (primary N) is 1. The number of nitrogens with one attached hydrogen (secondary N) is 2. The Morgan fingerprint density at radius 2 is 1.81 bits per heavy atom. The van der Waals surface area contributed by atoms with Gasteiger partial charge in [0.05, 0.1) is 6.61 Å². The highest BCUT2D eigenvalue weighted by molar-refractivity contribution is 7.87. The summed E-state index contributed by atoms with van der Waals surface area (Å²) in [7, 11) is -1.95. The molecule has 0 fully saturated rings. The number of ether oxygens (including phenoxy) is 1. The average Bonchev–Trinajstić information content (AvgIpc) is 2.26. The lowest BCUT2D eigenvalue weighted by atomic mass is 9.95. The average molecular weight is 253 g/mol. The second-order valence-corrected chi connectivity index (χ2v) is 5.37. The molecule has 0 aromatic rings. The summed E-state index contributed by atoms with van der Waals surface area (Å²) < 4.78 is 32.4. The summed E-state index contributed by atoms with van der Waals surface area (Å²) in [5, 5.41) is 0. The lowest BCUT2D eigenvalue weighted by Gasteiger charge is -2.26. The molecule has 0 aliphatic rings. The summed E-state index contributed by atoms with van der Waals surface area (Å²) in [6.45, 7) is 4.71. The molecule has 0 rings (SSSR count). The van der Waals surface area contributed by atoms with E-state index in [0.29, 0.717) is 6.61 Å². The maximum Gasteiger partial charge on any atom is 0.277 e. The quantitative estimate of drug-likeness (QED) is 0.486. The number of hydrogen-bond donors (Lipinski definition) is 3. The summed E-state index contributed by atoms with van der Waals surface area (Å²) in [5.41, 5.74) is 5.50. The predicted molar refractivity (Wildman–Crippen MR) is 64.3 cm³/mol. The molecular formula is C9H23N3O3S. The van der Waals surface area contributed by atoms with Gasteiger partial charge < -0.3 is 10.5 Å². The van der Waals surface area contributed by atoms with E-state index in [0.717, 1.165) is 12.8 Å². The molecule has 16 heavy (non-hydrogen) atoms. The van der Waals surface area contributed by atoms with E-state index >= 15 is 0 Å². The maximum atomic E-state index is 11.5. The van der Waals surface area contributed by atoms with Crippen LogP contribution in [-0.4, -0.2) is 40.8 Å². The molecule has 0 spiro atoms. The molecule has 0 aliphatic heterocycles. The van der Waals surface area contributed by atoms with Gasteiger partial charge in [0.15, 0.2) is 0 Å². The molecule has 0 saturated carbocycles. The van der Waals surface area contributed by atoms with Gasteiger partial charge in [0.2, 0.25) is 0 Å². The Bertz CT molecular complexity index is 276. The first kappa shape index (κ1) is 15.8. The molecular weight excluding hydrogens is 230 g/mol. The highest BCUT2D eigenvalue weighted by Crippen LogP contribution is 2.09. The highest BCUT2D eigenvalue weighted by Gasteiger charge is 2.22. The normalized spacial score (nSPS) is 13.0. The fourth-order valence-corrected chi connectivity index (χ4v) is 2.00. The molecule has 98 valence electrons. The van der Waals surface area contributed by atoms with Gasteiger partial charge in [0.25, 0.3) is 10.2 Å². The van der Waals surface area contributed by atoms with Gasteiger partial charge in [-0.15, -0.1) is 0 Å². The van der Waals surface area contributed by atoms with Crippen molar-refractivity contribution in [3.8, 4) is 0 Å². The van der Waals surface area contributed by atoms with Crippen LogP contribution < -0.4 is 15.2 Å². The van der Waals surface area contributed by atoms with Gasteiger partial charge in [-0.1, -0.05) is 13.8 Å². The maximum absolute atomic E-state index is 11.5. The Balaban J connectivity index is 4.07. The van der Waals surface area contributed by atoms with Crippen molar-refractivity contribution in [2.24, 2.45) is 5.73 Å². The van der Waals surface area contributed by atoms with Gasteiger partial charge >= 0.3 is 0 Å². The van der Waals surface area contributed by atoms with E-state index in [9.17, 15) is 8.42 Å². The van der Waals surface area contributed by atoms with Crippen molar-refractivity contribution in [1.29, 1.82) is 0 Å². The second kappa shape index (κ2) is 7.18. The lowest BCUT2D eigenvalue weighted by molar-refractivity contribution is 0.204. The van der Waals surface area contributed by atoms with Crippen LogP contribution in [0.5, 0.6) is 0 Å². The van der Waals surface area contributed by atoms with E-state index in [4.69, 9.17) is 10.5 Å². The minimum absolute atomic E-state index is 0.238. The third-order valence-electron chi connectivity index (χ3n) is 2.62. The Morgan fingerprint density at radius 3 is 2.25 bits per heavy atom. The van der Waals surface area contributed by atoms with E-state index in [1.165, 1.54) is 7.11 Å². The lowest BCUT2D eigenvalue weighted by Crippen LogP contribution is -2.51. The first-order chi connectivity index (χ1) is 7.39. The van der Waals surface area contributed by atoms with Crippen LogP contribution in [0.1, 0.15) is 26.7 Å². The molecule has 0 heterocycles. The summed E-state index contributed by atoms with van der Waals surface area (Å²) in [6.07, 6.45) is 1.45. The van der Waals surface area contributed by atoms with Crippen molar-refractivity contribution < 1.29 is 13.2 Å². The Morgan fingerprint density at radius 1 is 1.25 bits per heavy atom. The van der Waals surface area contributed by atoms with E-state index in [1.807, 2.05) is 13.8 Å². The van der Waals surface area contributed by atoms with Crippen molar-refractivity contribution in [3.05, 3.63) is 0 Å². The molecule has 0 bridgehead atoms. The zero-order chi connectivity index (χ0) is 12.7. The van der Waals surface area contributed by atoms with Crippen molar-refractivity contribution in [1.82, 2.24) is 9.44 Å². The van der Waals surface area contributed by atoms with Gasteiger partial charge in [-0.3, -0.25) is 0 Å². The largest absolute Gasteiger partial charge is 0.383 e. The zero-order valence-electron chi connectivity index (χ0n) is 10.2. The van der Waals surface area contributed by atoms with Crippen molar-refractivity contribution in [2.45, 2.75) is 32.2 Å². The van der Waals surface area contributed by atoms with Gasteiger partial charge in [-0.2, -0.15) is 13.1 Å². The Hall–Kier alpha value is -0.210. The van der Waals surface area contributed by atoms with Crippen LogP contribution in [0.4, 0.5) is 0 Å². The van der Waals surface area contributed by atoms with Crippen LogP contribution in [0, 0.1) is 0 Å². The predicted octanol–water partition coefficient (Wildman–Crippen LogP) is -0.426. The molecule has 6 nitrogen and oxygen atoms in total. The van der Waals surface area contributed by atoms with Crippen LogP contribution in [0.2, 0.25) is 0 Å². The first-order valence-corrected chi connectivity index (χ1v) is 6.89. The van der Waals surface area contributed by atoms with Crippen LogP contribution in [0.3, 0.4) is 0 Å². The molecule has 0 radical (unpaired) electrons. The summed E-state index contributed by atoms with van der Waals surface area (Å²) in [6, 6.07) is 0. The van der Waals surface area contributed by atoms with Crippen molar-refractivity contribution >= 4 is 10.2 Å². The smallest absolute Gasteiger partial charge is 0.277 e. The third kappa shape index (κ3) is 6.39. The molecule has 0 aromatic heterocycles. The molecule has 0 unspecified atom stereocenters. The number of hydrogen-bond acceptors (Lipinski definition) is 4. The minimum Gasteiger partial charge on any atom is -0.383 e. The van der Waals surface area contributed by atoms with Crippen LogP contribution in [0.15, 0.2) is 0 Å². The van der Waals surface area contributed by atoms with E-state index in [-0.39, 0.29) is 13.1 Å². The van der Waals surface area contributed by atoms with Crippen molar-refractivity contribution in [3.63, 3.8) is 0 Å². The van der Waals surface area contributed by atoms with Gasteiger partial charge in [0.1, 0.15) is 0 Å². The number of methoxy groups -OCH3 is 1. The monoisotopic (exact) mass is 253 g/mol. The van der Waals surface area contributed by atoms with Gasteiger partial charge in [-0.05, 0) is 12.8 Å². The highest BCUT2D eigenvalue weighted by atomic mass is 32.2. The minimum atomic E-state index is -3.47. The van der Waals surface area contributed by atoms with E-state index < -0.39 is 15.7 Å². The summed E-state index contributed by atoms with van der Waals surface area (Å²) >= 11 is 0. The molecule has 0 amide bonds. The fraction of sp³-hybridized carbons (Fsp3) is 1.00. The third-order valence-corrected chi connectivity index (χ3v) is 3.73. The fourth-order valence-electron chi connectivity index (χ4n) is 1.07. The molecule has 4 N–H and O–H groups in total.